The maximum absolute atomic E-state index is 11.1. The molecule has 0 atom stereocenters. The number of aromatic amines is 1. The summed E-state index contributed by atoms with van der Waals surface area (Å²) in [4.78, 5) is 14.5. The number of esters is 1. The summed E-state index contributed by atoms with van der Waals surface area (Å²) < 4.78 is 5.04. The number of carbonyl (C=O) groups is 1. The molecule has 0 fully saturated rings. The van der Waals surface area contributed by atoms with E-state index in [0.717, 1.165) is 6.42 Å². The van der Waals surface area contributed by atoms with Gasteiger partial charge in [-0.15, -0.1) is 0 Å². The number of para-hydroxylation sites is 2. The normalized spacial score (nSPS) is 10.6. The molecule has 31 heavy (non-hydrogen) atoms. The largest absolute Gasteiger partial charge is 0.462 e. The van der Waals surface area contributed by atoms with E-state index in [1.165, 1.54) is 79.6 Å². The Kier molecular flexibility index (Phi) is 11.5. The van der Waals surface area contributed by atoms with E-state index in [1.54, 1.807) is 6.92 Å². The fourth-order valence-corrected chi connectivity index (χ4v) is 3.68. The molecule has 3 rings (SSSR count). The molecule has 0 spiro atoms. The van der Waals surface area contributed by atoms with Crippen LogP contribution in [0.3, 0.4) is 0 Å². The second-order valence-corrected chi connectivity index (χ2v) is 8.31. The average molecular weight is 422 g/mol. The van der Waals surface area contributed by atoms with Gasteiger partial charge in [-0.25, -0.2) is 4.79 Å². The van der Waals surface area contributed by atoms with Gasteiger partial charge >= 0.3 is 5.97 Å². The molecule has 3 heteroatoms. The summed E-state index contributed by atoms with van der Waals surface area (Å²) in [6.07, 6.45) is 13.0. The van der Waals surface area contributed by atoms with Crippen molar-refractivity contribution in [2.45, 2.75) is 78.1 Å². The molecule has 2 aromatic carbocycles. The molecule has 1 N–H and O–H groups in total. The van der Waals surface area contributed by atoms with Gasteiger partial charge in [0.05, 0.1) is 6.61 Å². The van der Waals surface area contributed by atoms with E-state index in [4.69, 9.17) is 4.74 Å². The van der Waals surface area contributed by atoms with Crippen molar-refractivity contribution < 1.29 is 9.53 Å². The van der Waals surface area contributed by atoms with Gasteiger partial charge in [0.15, 0.2) is 0 Å². The number of rotatable bonds is 12. The summed E-state index contributed by atoms with van der Waals surface area (Å²) in [6.45, 7) is 8.03. The van der Waals surface area contributed by atoms with E-state index in [0.29, 0.717) is 12.2 Å². The van der Waals surface area contributed by atoms with Crippen LogP contribution in [0.5, 0.6) is 0 Å². The second-order valence-electron chi connectivity index (χ2n) is 8.31. The number of aromatic nitrogens is 1. The van der Waals surface area contributed by atoms with E-state index < -0.39 is 0 Å². The van der Waals surface area contributed by atoms with Crippen LogP contribution in [0.1, 0.15) is 78.1 Å². The molecule has 0 aliphatic rings. The highest BCUT2D eigenvalue weighted by atomic mass is 16.5. The number of carbonyl (C=O) groups excluding carboxylic acids is 1. The highest BCUT2D eigenvalue weighted by Gasteiger charge is 2.02. The van der Waals surface area contributed by atoms with E-state index in [-0.39, 0.29) is 5.97 Å². The number of unbranched alkanes of at least 4 members (excludes halogenated alkanes) is 9. The summed E-state index contributed by atoms with van der Waals surface area (Å²) in [6, 6.07) is 16.8. The molecule has 0 amide bonds. The third-order valence-electron chi connectivity index (χ3n) is 5.49. The molecule has 1 aromatic heterocycles. The Labute approximate surface area is 187 Å². The highest BCUT2D eigenvalue weighted by Crippen LogP contribution is 2.24. The van der Waals surface area contributed by atoms with Crippen molar-refractivity contribution in [1.29, 1.82) is 0 Å². The molecular formula is C28H39NO2. The van der Waals surface area contributed by atoms with Gasteiger partial charge in [0.2, 0.25) is 0 Å². The van der Waals surface area contributed by atoms with Crippen LogP contribution in [-0.2, 0) is 9.53 Å². The smallest absolute Gasteiger partial charge is 0.333 e. The van der Waals surface area contributed by atoms with Crippen molar-refractivity contribution in [1.82, 2.24) is 4.98 Å². The minimum absolute atomic E-state index is 0.258. The minimum Gasteiger partial charge on any atom is -0.462 e. The van der Waals surface area contributed by atoms with Gasteiger partial charge in [-0.1, -0.05) is 108 Å². The molecule has 1 heterocycles. The van der Waals surface area contributed by atoms with Gasteiger partial charge in [-0.2, -0.15) is 0 Å². The standard InChI is InChI=1S/C16H30O2.C12H9N/c1-4-5-6-7-8-9-10-11-12-13-14-18-16(17)15(2)3;1-3-7-11-9(5-1)10-6-2-4-8-12(10)13-11/h2,4-14H2,1,3H3;1-8,13H. The summed E-state index contributed by atoms with van der Waals surface area (Å²) in [7, 11) is 0. The first-order chi connectivity index (χ1) is 15.1. The zero-order chi connectivity index (χ0) is 22.3. The van der Waals surface area contributed by atoms with Crippen LogP contribution in [0.4, 0.5) is 0 Å². The first-order valence-electron chi connectivity index (χ1n) is 11.9. The van der Waals surface area contributed by atoms with Gasteiger partial charge in [0, 0.05) is 27.4 Å². The molecule has 0 radical (unpaired) electrons. The van der Waals surface area contributed by atoms with Crippen LogP contribution >= 0.6 is 0 Å². The van der Waals surface area contributed by atoms with E-state index in [1.807, 2.05) is 0 Å². The van der Waals surface area contributed by atoms with Crippen LogP contribution in [0.25, 0.3) is 21.8 Å². The molecule has 0 aliphatic carbocycles. The zero-order valence-corrected chi connectivity index (χ0v) is 19.4. The van der Waals surface area contributed by atoms with E-state index >= 15 is 0 Å². The molecular weight excluding hydrogens is 382 g/mol. The zero-order valence-electron chi connectivity index (χ0n) is 19.4. The Balaban J connectivity index is 0.000000228. The fourth-order valence-electron chi connectivity index (χ4n) is 3.68. The SMILES string of the molecule is C=C(C)C(=O)OCCCCCCCCCCCC.c1ccc2c(c1)[nH]c1ccccc12. The summed E-state index contributed by atoms with van der Waals surface area (Å²) in [5.41, 5.74) is 2.91. The number of hydrogen-bond donors (Lipinski definition) is 1. The second kappa shape index (κ2) is 14.5. The van der Waals surface area contributed by atoms with Crippen molar-refractivity contribution in [2.24, 2.45) is 0 Å². The highest BCUT2D eigenvalue weighted by molar-refractivity contribution is 6.06. The average Bonchev–Trinajstić information content (AvgIpc) is 3.16. The number of hydrogen-bond acceptors (Lipinski definition) is 2. The van der Waals surface area contributed by atoms with Crippen molar-refractivity contribution in [3.8, 4) is 0 Å². The van der Waals surface area contributed by atoms with Gasteiger partial charge < -0.3 is 9.72 Å². The first-order valence-corrected chi connectivity index (χ1v) is 11.9. The van der Waals surface area contributed by atoms with Crippen molar-refractivity contribution in [2.75, 3.05) is 6.61 Å². The fraction of sp³-hybridized carbons (Fsp3) is 0.464. The topological polar surface area (TPSA) is 42.1 Å². The molecule has 168 valence electrons. The minimum atomic E-state index is -0.258. The summed E-state index contributed by atoms with van der Waals surface area (Å²) >= 11 is 0. The van der Waals surface area contributed by atoms with Crippen LogP contribution in [0.2, 0.25) is 0 Å². The van der Waals surface area contributed by atoms with Crippen LogP contribution in [0, 0.1) is 0 Å². The van der Waals surface area contributed by atoms with Crippen molar-refractivity contribution >= 4 is 27.8 Å². The third-order valence-corrected chi connectivity index (χ3v) is 5.49. The molecule has 3 nitrogen and oxygen atoms in total. The predicted molar refractivity (Wildman–Crippen MR) is 133 cm³/mol. The lowest BCUT2D eigenvalue weighted by Crippen LogP contribution is -2.05. The Hall–Kier alpha value is -2.55. The molecule has 0 aliphatic heterocycles. The molecule has 0 unspecified atom stereocenters. The number of H-pyrrole nitrogens is 1. The number of fused-ring (bicyclic) bond motifs is 3. The lowest BCUT2D eigenvalue weighted by molar-refractivity contribution is -0.139. The van der Waals surface area contributed by atoms with E-state index in [9.17, 15) is 4.79 Å². The Morgan fingerprint density at radius 3 is 1.71 bits per heavy atom. The summed E-state index contributed by atoms with van der Waals surface area (Å²) in [5, 5.41) is 2.61. The van der Waals surface area contributed by atoms with Crippen LogP contribution < -0.4 is 0 Å². The van der Waals surface area contributed by atoms with Crippen molar-refractivity contribution in [3.05, 3.63) is 60.7 Å². The number of nitrogens with one attached hydrogen (secondary N) is 1. The summed E-state index contributed by atoms with van der Waals surface area (Å²) in [5.74, 6) is -0.258. The third kappa shape index (κ3) is 9.00. The Morgan fingerprint density at radius 1 is 0.774 bits per heavy atom. The number of benzene rings is 2. The monoisotopic (exact) mass is 421 g/mol. The van der Waals surface area contributed by atoms with Gasteiger partial charge in [-0.3, -0.25) is 0 Å². The van der Waals surface area contributed by atoms with Crippen molar-refractivity contribution in [3.63, 3.8) is 0 Å². The van der Waals surface area contributed by atoms with E-state index in [2.05, 4.69) is 67.0 Å². The predicted octanol–water partition coefficient (Wildman–Crippen LogP) is 8.35. The van der Waals surface area contributed by atoms with Gasteiger partial charge in [-0.05, 0) is 25.5 Å². The maximum atomic E-state index is 11.1. The maximum Gasteiger partial charge on any atom is 0.333 e. The quantitative estimate of drug-likeness (QED) is 0.181. The van der Waals surface area contributed by atoms with Gasteiger partial charge in [0.25, 0.3) is 0 Å². The van der Waals surface area contributed by atoms with Gasteiger partial charge in [0.1, 0.15) is 0 Å². The molecule has 3 aromatic rings. The number of ether oxygens (including phenoxy) is 1. The lowest BCUT2D eigenvalue weighted by Gasteiger charge is -2.04. The van der Waals surface area contributed by atoms with Crippen LogP contribution in [-0.4, -0.2) is 17.6 Å². The Bertz CT molecular complexity index is 875. The Morgan fingerprint density at radius 2 is 1.23 bits per heavy atom. The molecule has 0 saturated carbocycles. The molecule has 0 saturated heterocycles. The lowest BCUT2D eigenvalue weighted by atomic mass is 10.1. The molecule has 0 bridgehead atoms. The first kappa shape index (κ1) is 24.7. The van der Waals surface area contributed by atoms with Crippen LogP contribution in [0.15, 0.2) is 60.7 Å².